The Labute approximate surface area is 171 Å². The van der Waals surface area contributed by atoms with Gasteiger partial charge in [0, 0.05) is 52.4 Å². The Morgan fingerprint density at radius 2 is 1.89 bits per heavy atom. The fourth-order valence-corrected chi connectivity index (χ4v) is 3.78. The topological polar surface area (TPSA) is 52.1 Å². The van der Waals surface area contributed by atoms with Crippen molar-refractivity contribution in [1.29, 1.82) is 0 Å². The van der Waals surface area contributed by atoms with Crippen molar-refractivity contribution in [2.24, 2.45) is 10.9 Å². The third kappa shape index (κ3) is 6.67. The van der Waals surface area contributed by atoms with Crippen LogP contribution in [0, 0.1) is 12.8 Å². The number of benzene rings is 1. The number of methoxy groups -OCH3 is 1. The predicted octanol–water partition coefficient (Wildman–Crippen LogP) is 1.98. The third-order valence-corrected chi connectivity index (χ3v) is 5.60. The SMILES string of the molecule is CN=C(NCCc1cc(C)ccc1OC)NCC(C(C)C)N1CCN(C)CC1. The molecule has 1 unspecified atom stereocenters. The van der Waals surface area contributed by atoms with Crippen molar-refractivity contribution < 1.29 is 4.74 Å². The molecule has 1 aromatic carbocycles. The van der Waals surface area contributed by atoms with Crippen LogP contribution in [-0.2, 0) is 6.42 Å². The zero-order chi connectivity index (χ0) is 20.5. The molecule has 1 fully saturated rings. The maximum absolute atomic E-state index is 5.48. The monoisotopic (exact) mass is 389 g/mol. The van der Waals surface area contributed by atoms with Gasteiger partial charge in [0.25, 0.3) is 0 Å². The van der Waals surface area contributed by atoms with Crippen LogP contribution in [-0.4, -0.2) is 82.3 Å². The van der Waals surface area contributed by atoms with Gasteiger partial charge < -0.3 is 20.3 Å². The van der Waals surface area contributed by atoms with E-state index in [0.29, 0.717) is 12.0 Å². The largest absolute Gasteiger partial charge is 0.496 e. The first kappa shape index (κ1) is 22.5. The molecule has 0 radical (unpaired) electrons. The summed E-state index contributed by atoms with van der Waals surface area (Å²) in [7, 11) is 5.77. The highest BCUT2D eigenvalue weighted by Gasteiger charge is 2.25. The molecule has 1 aliphatic heterocycles. The van der Waals surface area contributed by atoms with Gasteiger partial charge in [0.1, 0.15) is 5.75 Å². The van der Waals surface area contributed by atoms with Crippen molar-refractivity contribution in [1.82, 2.24) is 20.4 Å². The number of hydrogen-bond acceptors (Lipinski definition) is 4. The van der Waals surface area contributed by atoms with E-state index < -0.39 is 0 Å². The molecule has 0 saturated carbocycles. The summed E-state index contributed by atoms with van der Waals surface area (Å²) >= 11 is 0. The number of guanidine groups is 1. The maximum atomic E-state index is 5.48. The molecule has 2 N–H and O–H groups in total. The molecule has 6 heteroatoms. The highest BCUT2D eigenvalue weighted by atomic mass is 16.5. The third-order valence-electron chi connectivity index (χ3n) is 5.60. The standard InChI is InChI=1S/C22H39N5O/c1-17(2)20(27-13-11-26(5)12-14-27)16-25-22(23-4)24-10-9-19-15-18(3)7-8-21(19)28-6/h7-8,15,17,20H,9-14,16H2,1-6H3,(H2,23,24,25). The van der Waals surface area contributed by atoms with E-state index in [-0.39, 0.29) is 0 Å². The molecule has 1 atom stereocenters. The van der Waals surface area contributed by atoms with Crippen molar-refractivity contribution in [3.8, 4) is 5.75 Å². The highest BCUT2D eigenvalue weighted by molar-refractivity contribution is 5.79. The molecule has 1 saturated heterocycles. The first-order chi connectivity index (χ1) is 13.4. The molecule has 28 heavy (non-hydrogen) atoms. The first-order valence-corrected chi connectivity index (χ1v) is 10.4. The smallest absolute Gasteiger partial charge is 0.191 e. The summed E-state index contributed by atoms with van der Waals surface area (Å²) in [5, 5.41) is 6.99. The van der Waals surface area contributed by atoms with Crippen LogP contribution in [0.1, 0.15) is 25.0 Å². The number of aliphatic imine (C=N–C) groups is 1. The normalized spacial score (nSPS) is 17.6. The highest BCUT2D eigenvalue weighted by Crippen LogP contribution is 2.19. The number of aryl methyl sites for hydroxylation is 1. The summed E-state index contributed by atoms with van der Waals surface area (Å²) in [6.45, 7) is 13.0. The number of ether oxygens (including phenoxy) is 1. The van der Waals surface area contributed by atoms with E-state index in [0.717, 1.165) is 57.4 Å². The van der Waals surface area contributed by atoms with Crippen LogP contribution < -0.4 is 15.4 Å². The van der Waals surface area contributed by atoms with Gasteiger partial charge in [-0.2, -0.15) is 0 Å². The lowest BCUT2D eigenvalue weighted by Gasteiger charge is -2.40. The van der Waals surface area contributed by atoms with E-state index in [2.05, 4.69) is 65.4 Å². The van der Waals surface area contributed by atoms with Crippen LogP contribution in [0.25, 0.3) is 0 Å². The number of hydrogen-bond donors (Lipinski definition) is 2. The van der Waals surface area contributed by atoms with E-state index in [1.165, 1.54) is 11.1 Å². The van der Waals surface area contributed by atoms with Gasteiger partial charge in [0.2, 0.25) is 0 Å². The van der Waals surface area contributed by atoms with E-state index in [1.54, 1.807) is 7.11 Å². The molecule has 158 valence electrons. The van der Waals surface area contributed by atoms with Gasteiger partial charge in [0.15, 0.2) is 5.96 Å². The Morgan fingerprint density at radius 1 is 1.18 bits per heavy atom. The molecule has 2 rings (SSSR count). The lowest BCUT2D eigenvalue weighted by Crippen LogP contribution is -2.55. The molecule has 0 aliphatic carbocycles. The van der Waals surface area contributed by atoms with E-state index in [4.69, 9.17) is 4.74 Å². The van der Waals surface area contributed by atoms with Gasteiger partial charge in [0.05, 0.1) is 7.11 Å². The molecule has 0 spiro atoms. The predicted molar refractivity (Wildman–Crippen MR) is 118 cm³/mol. The Morgan fingerprint density at radius 3 is 2.50 bits per heavy atom. The summed E-state index contributed by atoms with van der Waals surface area (Å²) in [4.78, 5) is 9.42. The number of likely N-dealkylation sites (N-methyl/N-ethyl adjacent to an activating group) is 1. The minimum Gasteiger partial charge on any atom is -0.496 e. The Balaban J connectivity index is 1.84. The quantitative estimate of drug-likeness (QED) is 0.526. The average Bonchev–Trinajstić information content (AvgIpc) is 2.68. The minimum atomic E-state index is 0.518. The molecular weight excluding hydrogens is 350 g/mol. The van der Waals surface area contributed by atoms with Gasteiger partial charge in [-0.25, -0.2) is 0 Å². The second kappa shape index (κ2) is 11.3. The van der Waals surface area contributed by atoms with Crippen molar-refractivity contribution >= 4 is 5.96 Å². The second-order valence-corrected chi connectivity index (χ2v) is 8.10. The molecular formula is C22H39N5O. The Kier molecular flexibility index (Phi) is 9.06. The molecule has 6 nitrogen and oxygen atoms in total. The van der Waals surface area contributed by atoms with Crippen LogP contribution in [0.3, 0.4) is 0 Å². The fourth-order valence-electron chi connectivity index (χ4n) is 3.78. The average molecular weight is 390 g/mol. The van der Waals surface area contributed by atoms with E-state index >= 15 is 0 Å². The number of nitrogens with one attached hydrogen (secondary N) is 2. The maximum Gasteiger partial charge on any atom is 0.191 e. The molecule has 0 amide bonds. The van der Waals surface area contributed by atoms with Crippen LogP contribution >= 0.6 is 0 Å². The second-order valence-electron chi connectivity index (χ2n) is 8.10. The van der Waals surface area contributed by atoms with Crippen molar-refractivity contribution in [2.75, 3.05) is 60.5 Å². The zero-order valence-corrected chi connectivity index (χ0v) is 18.6. The van der Waals surface area contributed by atoms with Gasteiger partial charge >= 0.3 is 0 Å². The zero-order valence-electron chi connectivity index (χ0n) is 18.6. The van der Waals surface area contributed by atoms with Crippen LogP contribution in [0.15, 0.2) is 23.2 Å². The number of rotatable bonds is 8. The van der Waals surface area contributed by atoms with Crippen molar-refractivity contribution in [2.45, 2.75) is 33.2 Å². The van der Waals surface area contributed by atoms with Crippen LogP contribution in [0.2, 0.25) is 0 Å². The summed E-state index contributed by atoms with van der Waals surface area (Å²) < 4.78 is 5.48. The van der Waals surface area contributed by atoms with Gasteiger partial charge in [-0.15, -0.1) is 0 Å². The van der Waals surface area contributed by atoms with Gasteiger partial charge in [-0.3, -0.25) is 9.89 Å². The van der Waals surface area contributed by atoms with Gasteiger partial charge in [-0.1, -0.05) is 31.5 Å². The van der Waals surface area contributed by atoms with Crippen LogP contribution in [0.5, 0.6) is 5.75 Å². The van der Waals surface area contributed by atoms with E-state index in [1.807, 2.05) is 13.1 Å². The fraction of sp³-hybridized carbons (Fsp3) is 0.682. The summed E-state index contributed by atoms with van der Waals surface area (Å²) in [5.74, 6) is 2.42. The number of piperazine rings is 1. The molecule has 1 aliphatic rings. The summed E-state index contributed by atoms with van der Waals surface area (Å²) in [6, 6.07) is 6.84. The lowest BCUT2D eigenvalue weighted by molar-refractivity contribution is 0.0900. The molecule has 0 bridgehead atoms. The summed E-state index contributed by atoms with van der Waals surface area (Å²) in [5.41, 5.74) is 2.48. The number of nitrogens with zero attached hydrogens (tertiary/aromatic N) is 3. The molecule has 1 aromatic rings. The Bertz CT molecular complexity index is 623. The minimum absolute atomic E-state index is 0.518. The van der Waals surface area contributed by atoms with Gasteiger partial charge in [-0.05, 0) is 37.9 Å². The van der Waals surface area contributed by atoms with Crippen molar-refractivity contribution in [3.05, 3.63) is 29.3 Å². The lowest BCUT2D eigenvalue weighted by atomic mass is 10.0. The van der Waals surface area contributed by atoms with Crippen molar-refractivity contribution in [3.63, 3.8) is 0 Å². The Hall–Kier alpha value is -1.79. The summed E-state index contributed by atoms with van der Waals surface area (Å²) in [6.07, 6.45) is 0.900. The first-order valence-electron chi connectivity index (χ1n) is 10.4. The molecule has 0 aromatic heterocycles. The van der Waals surface area contributed by atoms with E-state index in [9.17, 15) is 0 Å². The molecule has 1 heterocycles. The van der Waals surface area contributed by atoms with Crippen LogP contribution in [0.4, 0.5) is 0 Å².